The average molecular weight is 977 g/mol. The van der Waals surface area contributed by atoms with Crippen LogP contribution in [0.2, 0.25) is 0 Å². The quantitative estimate of drug-likeness (QED) is 0.175. The highest BCUT2D eigenvalue weighted by atomic mass is 16.3. The van der Waals surface area contributed by atoms with Crippen molar-refractivity contribution in [3.63, 3.8) is 0 Å². The molecule has 0 radical (unpaired) electrons. The third kappa shape index (κ3) is 4.99. The molecule has 3 heterocycles. The van der Waals surface area contributed by atoms with Crippen LogP contribution in [-0.2, 0) is 10.8 Å². The van der Waals surface area contributed by atoms with E-state index in [4.69, 9.17) is 4.42 Å². The maximum Gasteiger partial charge on any atom is 0.143 e. The monoisotopic (exact) mass is 976 g/mol. The van der Waals surface area contributed by atoms with E-state index >= 15 is 0 Å². The standard InChI is InChI=1S/C74H44N2O/c1-7-28-56-48(19-1)49-20-2-8-29-57(49)73(56)58-30-9-3-23-54(58)69-61(73)33-17-38-66(69)75(46-43-41-45(42-44-46)47-25-15-27-53-51-22-6-14-40-68(51)77-72(47)53)67-39-18-34-62-70(67)55-24-4-10-31-59(55)74(62)60-32-11-13-37-65(60)76-64-36-12-5-21-50(64)52-26-16-35-63(74)71(52)76/h1-44H. The predicted molar refractivity (Wildman–Crippen MR) is 315 cm³/mol. The Morgan fingerprint density at radius 2 is 0.766 bits per heavy atom. The second-order valence-electron chi connectivity index (χ2n) is 21.3. The van der Waals surface area contributed by atoms with Crippen molar-refractivity contribution in [1.82, 2.24) is 4.57 Å². The van der Waals surface area contributed by atoms with Crippen LogP contribution in [0.25, 0.3) is 93.9 Å². The van der Waals surface area contributed by atoms with E-state index in [2.05, 4.69) is 270 Å². The molecule has 12 aromatic carbocycles. The van der Waals surface area contributed by atoms with Crippen LogP contribution in [0.4, 0.5) is 17.1 Å². The van der Waals surface area contributed by atoms with Gasteiger partial charge in [-0.25, -0.2) is 0 Å². The van der Waals surface area contributed by atoms with Crippen molar-refractivity contribution in [2.24, 2.45) is 0 Å². The number of fused-ring (bicyclic) bond motifs is 25. The fourth-order valence-electron chi connectivity index (χ4n) is 15.3. The smallest absolute Gasteiger partial charge is 0.143 e. The van der Waals surface area contributed by atoms with Crippen molar-refractivity contribution in [2.45, 2.75) is 10.8 Å². The lowest BCUT2D eigenvalue weighted by molar-refractivity contribution is 0.670. The van der Waals surface area contributed by atoms with E-state index in [1.54, 1.807) is 0 Å². The van der Waals surface area contributed by atoms with Gasteiger partial charge in [0.1, 0.15) is 11.2 Å². The molecule has 3 nitrogen and oxygen atoms in total. The summed E-state index contributed by atoms with van der Waals surface area (Å²) in [6, 6.07) is 100. The maximum absolute atomic E-state index is 6.65. The minimum Gasteiger partial charge on any atom is -0.455 e. The van der Waals surface area contributed by atoms with Gasteiger partial charge >= 0.3 is 0 Å². The van der Waals surface area contributed by atoms with E-state index < -0.39 is 10.8 Å². The number of hydrogen-bond donors (Lipinski definition) is 0. The number of anilines is 3. The largest absolute Gasteiger partial charge is 0.455 e. The first-order valence-corrected chi connectivity index (χ1v) is 26.8. The van der Waals surface area contributed by atoms with E-state index in [0.29, 0.717) is 0 Å². The summed E-state index contributed by atoms with van der Waals surface area (Å²) < 4.78 is 9.18. The Morgan fingerprint density at radius 1 is 0.312 bits per heavy atom. The highest BCUT2D eigenvalue weighted by Gasteiger charge is 2.54. The SMILES string of the molecule is c1ccc2c(c1)-c1ccccc1C21c2ccccc2-c2c(N(c3ccc(-c4cccc5c4oc4ccccc45)cc3)c3cccc4c3-c3ccccc3C43c4ccccc4-n4c5ccccc5c5cccc3c54)cccc21. The topological polar surface area (TPSA) is 21.3 Å². The Morgan fingerprint density at radius 3 is 1.44 bits per heavy atom. The van der Waals surface area contributed by atoms with Crippen LogP contribution >= 0.6 is 0 Å². The molecule has 356 valence electrons. The van der Waals surface area contributed by atoms with Gasteiger partial charge in [0.2, 0.25) is 0 Å². The van der Waals surface area contributed by atoms with Crippen molar-refractivity contribution in [2.75, 3.05) is 4.90 Å². The van der Waals surface area contributed by atoms with Gasteiger partial charge in [-0.2, -0.15) is 0 Å². The average Bonchev–Trinajstić information content (AvgIpc) is 4.33. The molecule has 2 spiro atoms. The lowest BCUT2D eigenvalue weighted by Crippen LogP contribution is -2.33. The third-order valence-corrected chi connectivity index (χ3v) is 18.0. The maximum atomic E-state index is 6.65. The Labute approximate surface area is 444 Å². The fraction of sp³-hybridized carbons (Fsp3) is 0.0270. The Kier molecular flexibility index (Phi) is 8.00. The predicted octanol–water partition coefficient (Wildman–Crippen LogP) is 18.8. The molecular weight excluding hydrogens is 933 g/mol. The summed E-state index contributed by atoms with van der Waals surface area (Å²) in [5.41, 5.74) is 28.0. The molecule has 3 aliphatic carbocycles. The van der Waals surface area contributed by atoms with Gasteiger partial charge in [-0.1, -0.05) is 224 Å². The van der Waals surface area contributed by atoms with Gasteiger partial charge < -0.3 is 13.9 Å². The molecular formula is C74H44N2O. The Balaban J connectivity index is 0.938. The first-order valence-electron chi connectivity index (χ1n) is 26.8. The van der Waals surface area contributed by atoms with E-state index in [1.165, 1.54) is 105 Å². The van der Waals surface area contributed by atoms with Crippen molar-refractivity contribution in [3.05, 3.63) is 311 Å². The highest BCUT2D eigenvalue weighted by Crippen LogP contribution is 2.67. The molecule has 0 amide bonds. The summed E-state index contributed by atoms with van der Waals surface area (Å²) in [6.45, 7) is 0. The lowest BCUT2D eigenvalue weighted by atomic mass is 9.65. The molecule has 1 aliphatic heterocycles. The zero-order valence-corrected chi connectivity index (χ0v) is 41.7. The van der Waals surface area contributed by atoms with Crippen molar-refractivity contribution in [3.8, 4) is 50.2 Å². The number of furan rings is 1. The molecule has 14 aromatic rings. The number of aromatic nitrogens is 1. The molecule has 2 aromatic heterocycles. The van der Waals surface area contributed by atoms with Gasteiger partial charge in [-0.3, -0.25) is 0 Å². The van der Waals surface area contributed by atoms with E-state index in [0.717, 1.165) is 50.1 Å². The summed E-state index contributed by atoms with van der Waals surface area (Å²) in [7, 11) is 0. The van der Waals surface area contributed by atoms with E-state index in [1.807, 2.05) is 6.07 Å². The number of para-hydroxylation sites is 5. The number of rotatable bonds is 4. The molecule has 0 saturated heterocycles. The Bertz CT molecular complexity index is 4850. The summed E-state index contributed by atoms with van der Waals surface area (Å²) in [4.78, 5) is 2.59. The van der Waals surface area contributed by atoms with Crippen molar-refractivity contribution >= 4 is 60.8 Å². The minimum atomic E-state index is -0.615. The molecule has 18 rings (SSSR count). The minimum absolute atomic E-state index is 0.506. The van der Waals surface area contributed by atoms with Crippen LogP contribution < -0.4 is 4.90 Å². The highest BCUT2D eigenvalue weighted by molar-refractivity contribution is 6.14. The molecule has 0 saturated carbocycles. The molecule has 4 aliphatic rings. The fourth-order valence-corrected chi connectivity index (χ4v) is 15.3. The molecule has 0 bridgehead atoms. The molecule has 0 N–H and O–H groups in total. The molecule has 3 heteroatoms. The molecule has 1 atom stereocenters. The van der Waals surface area contributed by atoms with Crippen LogP contribution in [0.5, 0.6) is 0 Å². The first-order chi connectivity index (χ1) is 38.2. The molecule has 77 heavy (non-hydrogen) atoms. The van der Waals surface area contributed by atoms with Gasteiger partial charge in [0.25, 0.3) is 0 Å². The number of benzene rings is 12. The van der Waals surface area contributed by atoms with Crippen LogP contribution in [0, 0.1) is 0 Å². The van der Waals surface area contributed by atoms with Crippen LogP contribution in [0.15, 0.2) is 271 Å². The second-order valence-corrected chi connectivity index (χ2v) is 21.3. The molecule has 1 unspecified atom stereocenters. The summed E-state index contributed by atoms with van der Waals surface area (Å²) in [5.74, 6) is 0. The number of hydrogen-bond acceptors (Lipinski definition) is 2. The molecule has 0 fully saturated rings. The second kappa shape index (κ2) is 14.9. The zero-order chi connectivity index (χ0) is 50.1. The van der Waals surface area contributed by atoms with Crippen LogP contribution in [0.1, 0.15) is 44.5 Å². The number of nitrogens with zero attached hydrogens (tertiary/aromatic N) is 2. The first kappa shape index (κ1) is 41.4. The van der Waals surface area contributed by atoms with E-state index in [9.17, 15) is 0 Å². The van der Waals surface area contributed by atoms with E-state index in [-0.39, 0.29) is 0 Å². The third-order valence-electron chi connectivity index (χ3n) is 18.0. The summed E-state index contributed by atoms with van der Waals surface area (Å²) in [5, 5.41) is 4.80. The summed E-state index contributed by atoms with van der Waals surface area (Å²) >= 11 is 0. The zero-order valence-electron chi connectivity index (χ0n) is 41.7. The van der Waals surface area contributed by atoms with Crippen LogP contribution in [-0.4, -0.2) is 4.57 Å². The van der Waals surface area contributed by atoms with Gasteiger partial charge in [0.15, 0.2) is 0 Å². The van der Waals surface area contributed by atoms with Crippen molar-refractivity contribution < 1.29 is 4.42 Å². The van der Waals surface area contributed by atoms with Crippen molar-refractivity contribution in [1.29, 1.82) is 0 Å². The van der Waals surface area contributed by atoms with Gasteiger partial charge in [-0.15, -0.1) is 0 Å². The van der Waals surface area contributed by atoms with Gasteiger partial charge in [-0.05, 0) is 115 Å². The normalized spacial score (nSPS) is 15.4. The van der Waals surface area contributed by atoms with Crippen LogP contribution in [0.3, 0.4) is 0 Å². The lowest BCUT2D eigenvalue weighted by Gasteiger charge is -2.39. The van der Waals surface area contributed by atoms with Gasteiger partial charge in [0, 0.05) is 43.9 Å². The Hall–Kier alpha value is -9.96. The summed E-state index contributed by atoms with van der Waals surface area (Å²) in [6.07, 6.45) is 0. The van der Waals surface area contributed by atoms with Gasteiger partial charge in [0.05, 0.1) is 38.9 Å².